The van der Waals surface area contributed by atoms with E-state index in [4.69, 9.17) is 18.9 Å². The molecule has 0 N–H and O–H groups in total. The second kappa shape index (κ2) is 9.06. The zero-order valence-corrected chi connectivity index (χ0v) is 18.0. The summed E-state index contributed by atoms with van der Waals surface area (Å²) in [6.45, 7) is 0.0344. The van der Waals surface area contributed by atoms with Crippen molar-refractivity contribution in [2.45, 2.75) is 6.54 Å². The third-order valence-electron chi connectivity index (χ3n) is 4.64. The first-order chi connectivity index (χ1) is 15.5. The van der Waals surface area contributed by atoms with Crippen LogP contribution in [0.3, 0.4) is 0 Å². The second-order valence-electron chi connectivity index (χ2n) is 6.62. The Balaban J connectivity index is 1.68. The fourth-order valence-electron chi connectivity index (χ4n) is 3.07. The van der Waals surface area contributed by atoms with Gasteiger partial charge in [-0.25, -0.2) is 4.79 Å². The molecule has 4 rings (SSSR count). The number of ether oxygens (including phenoxy) is 4. The van der Waals surface area contributed by atoms with Gasteiger partial charge in [-0.05, 0) is 42.0 Å². The maximum absolute atomic E-state index is 12.5. The molecule has 1 aliphatic rings. The van der Waals surface area contributed by atoms with Crippen molar-refractivity contribution in [1.82, 2.24) is 4.57 Å². The standard InChI is InChI=1S/C22H18N2O7S/c1-28-20(26)11-24-15-6-5-14(21(27)29-2)10-18(15)32-22(24)23-19(25)8-4-13-3-7-16-17(9-13)31-12-30-16/h3-10H,11-12H2,1-2H3. The number of benzene rings is 2. The third-order valence-corrected chi connectivity index (χ3v) is 5.68. The van der Waals surface area contributed by atoms with Crippen LogP contribution in [0.25, 0.3) is 16.3 Å². The molecule has 2 heterocycles. The molecule has 0 spiro atoms. The SMILES string of the molecule is COC(=O)Cn1c(=NC(=O)C=Cc2ccc3c(c2)OCO3)sc2cc(C(=O)OC)ccc21. The molecule has 1 aromatic heterocycles. The van der Waals surface area contributed by atoms with Gasteiger partial charge in [0, 0.05) is 6.08 Å². The fourth-order valence-corrected chi connectivity index (χ4v) is 4.14. The number of hydrogen-bond acceptors (Lipinski definition) is 8. The summed E-state index contributed by atoms with van der Waals surface area (Å²) in [5.74, 6) is -0.231. The minimum atomic E-state index is -0.513. The highest BCUT2D eigenvalue weighted by molar-refractivity contribution is 7.16. The van der Waals surface area contributed by atoms with Crippen molar-refractivity contribution < 1.29 is 33.3 Å². The number of carbonyl (C=O) groups excluding carboxylic acids is 3. The number of hydrogen-bond donors (Lipinski definition) is 0. The van der Waals surface area contributed by atoms with Crippen molar-refractivity contribution in [1.29, 1.82) is 0 Å². The molecule has 9 nitrogen and oxygen atoms in total. The van der Waals surface area contributed by atoms with Gasteiger partial charge in [-0.3, -0.25) is 9.59 Å². The van der Waals surface area contributed by atoms with Gasteiger partial charge in [0.25, 0.3) is 5.91 Å². The van der Waals surface area contributed by atoms with Crippen molar-refractivity contribution in [3.8, 4) is 11.5 Å². The summed E-state index contributed by atoms with van der Waals surface area (Å²) in [6, 6.07) is 10.2. The monoisotopic (exact) mass is 454 g/mol. The van der Waals surface area contributed by atoms with E-state index < -0.39 is 17.8 Å². The molecule has 3 aromatic rings. The number of rotatable bonds is 5. The molecule has 0 fully saturated rings. The van der Waals surface area contributed by atoms with E-state index in [0.717, 1.165) is 5.56 Å². The lowest BCUT2D eigenvalue weighted by Gasteiger charge is -2.04. The molecule has 0 unspecified atom stereocenters. The van der Waals surface area contributed by atoms with Crippen LogP contribution < -0.4 is 14.3 Å². The summed E-state index contributed by atoms with van der Waals surface area (Å²) in [5, 5.41) is 0. The van der Waals surface area contributed by atoms with Crippen LogP contribution in [0.4, 0.5) is 0 Å². The zero-order chi connectivity index (χ0) is 22.7. The molecule has 0 bridgehead atoms. The van der Waals surface area contributed by atoms with Gasteiger partial charge in [-0.1, -0.05) is 17.4 Å². The Labute approximate surface area is 186 Å². The molecule has 0 aliphatic carbocycles. The summed E-state index contributed by atoms with van der Waals surface area (Å²) >= 11 is 1.17. The van der Waals surface area contributed by atoms with Crippen LogP contribution in [0.2, 0.25) is 0 Å². The van der Waals surface area contributed by atoms with E-state index in [0.29, 0.717) is 32.1 Å². The number of amides is 1. The van der Waals surface area contributed by atoms with Crippen LogP contribution in [0.15, 0.2) is 47.5 Å². The summed E-state index contributed by atoms with van der Waals surface area (Å²) in [6.07, 6.45) is 2.94. The first-order valence-corrected chi connectivity index (χ1v) is 10.2. The number of fused-ring (bicyclic) bond motifs is 2. The van der Waals surface area contributed by atoms with Gasteiger partial charge in [0.1, 0.15) is 6.54 Å². The summed E-state index contributed by atoms with van der Waals surface area (Å²) in [5.41, 5.74) is 1.74. The van der Waals surface area contributed by atoms with E-state index in [1.165, 1.54) is 31.6 Å². The predicted octanol–water partition coefficient (Wildman–Crippen LogP) is 2.53. The van der Waals surface area contributed by atoms with Crippen molar-refractivity contribution >= 4 is 45.5 Å². The molecule has 2 aromatic carbocycles. The number of esters is 2. The number of thiazole rings is 1. The van der Waals surface area contributed by atoms with E-state index in [-0.39, 0.29) is 13.3 Å². The van der Waals surface area contributed by atoms with E-state index >= 15 is 0 Å². The minimum Gasteiger partial charge on any atom is -0.468 e. The smallest absolute Gasteiger partial charge is 0.337 e. The first kappa shape index (κ1) is 21.3. The molecular weight excluding hydrogens is 436 g/mol. The van der Waals surface area contributed by atoms with Gasteiger partial charge in [-0.15, -0.1) is 0 Å². The zero-order valence-electron chi connectivity index (χ0n) is 17.2. The van der Waals surface area contributed by atoms with Gasteiger partial charge in [0.15, 0.2) is 16.3 Å². The van der Waals surface area contributed by atoms with E-state index in [1.54, 1.807) is 47.0 Å². The number of aromatic nitrogens is 1. The topological polar surface area (TPSA) is 105 Å². The highest BCUT2D eigenvalue weighted by atomic mass is 32.1. The molecule has 164 valence electrons. The van der Waals surface area contributed by atoms with Crippen LogP contribution in [0.1, 0.15) is 15.9 Å². The molecule has 0 atom stereocenters. The molecule has 32 heavy (non-hydrogen) atoms. The fraction of sp³-hybridized carbons (Fsp3) is 0.182. The van der Waals surface area contributed by atoms with Crippen molar-refractivity contribution in [2.75, 3.05) is 21.0 Å². The first-order valence-electron chi connectivity index (χ1n) is 9.43. The van der Waals surface area contributed by atoms with E-state index in [1.807, 2.05) is 0 Å². The maximum Gasteiger partial charge on any atom is 0.337 e. The lowest BCUT2D eigenvalue weighted by molar-refractivity contribution is -0.141. The molecule has 0 saturated heterocycles. The molecule has 1 aliphatic heterocycles. The molecule has 0 radical (unpaired) electrons. The summed E-state index contributed by atoms with van der Waals surface area (Å²) in [4.78, 5) is 40.7. The lowest BCUT2D eigenvalue weighted by atomic mass is 10.2. The normalized spacial score (nSPS) is 13.0. The third kappa shape index (κ3) is 4.40. The number of carbonyl (C=O) groups is 3. The van der Waals surface area contributed by atoms with Crippen LogP contribution >= 0.6 is 11.3 Å². The predicted molar refractivity (Wildman–Crippen MR) is 115 cm³/mol. The van der Waals surface area contributed by atoms with Gasteiger partial charge in [0.2, 0.25) is 6.79 Å². The Morgan fingerprint density at radius 3 is 2.69 bits per heavy atom. The van der Waals surface area contributed by atoms with Gasteiger partial charge in [-0.2, -0.15) is 4.99 Å². The summed E-state index contributed by atoms with van der Waals surface area (Å²) < 4.78 is 22.4. The van der Waals surface area contributed by atoms with Crippen LogP contribution in [-0.4, -0.2) is 43.4 Å². The van der Waals surface area contributed by atoms with E-state index in [2.05, 4.69) is 4.99 Å². The van der Waals surface area contributed by atoms with Crippen LogP contribution in [-0.2, 0) is 25.6 Å². The Kier molecular flexibility index (Phi) is 6.04. The Bertz CT molecular complexity index is 1320. The molecule has 1 amide bonds. The number of nitrogens with zero attached hydrogens (tertiary/aromatic N) is 2. The average Bonchev–Trinajstić information content (AvgIpc) is 3.40. The maximum atomic E-state index is 12.5. The average molecular weight is 454 g/mol. The van der Waals surface area contributed by atoms with Gasteiger partial charge >= 0.3 is 11.9 Å². The quantitative estimate of drug-likeness (QED) is 0.431. The van der Waals surface area contributed by atoms with Crippen molar-refractivity contribution in [3.05, 3.63) is 58.4 Å². The van der Waals surface area contributed by atoms with Gasteiger partial charge in [0.05, 0.1) is 30.0 Å². The highest BCUT2D eigenvalue weighted by Gasteiger charge is 2.15. The van der Waals surface area contributed by atoms with Crippen molar-refractivity contribution in [3.63, 3.8) is 0 Å². The van der Waals surface area contributed by atoms with E-state index in [9.17, 15) is 14.4 Å². The van der Waals surface area contributed by atoms with Crippen molar-refractivity contribution in [2.24, 2.45) is 4.99 Å². The Morgan fingerprint density at radius 2 is 1.91 bits per heavy atom. The van der Waals surface area contributed by atoms with Gasteiger partial charge < -0.3 is 23.5 Å². The highest BCUT2D eigenvalue weighted by Crippen LogP contribution is 2.32. The Morgan fingerprint density at radius 1 is 1.09 bits per heavy atom. The molecule has 10 heteroatoms. The second-order valence-corrected chi connectivity index (χ2v) is 7.63. The van der Waals surface area contributed by atoms with Crippen LogP contribution in [0, 0.1) is 0 Å². The Hall–Kier alpha value is -3.92. The molecule has 0 saturated carbocycles. The number of methoxy groups -OCH3 is 2. The largest absolute Gasteiger partial charge is 0.468 e. The minimum absolute atomic E-state index is 0.133. The lowest BCUT2D eigenvalue weighted by Crippen LogP contribution is -2.22. The van der Waals surface area contributed by atoms with Crippen LogP contribution in [0.5, 0.6) is 11.5 Å². The molecular formula is C22H18N2O7S. The summed E-state index contributed by atoms with van der Waals surface area (Å²) in [7, 11) is 2.58.